The standard InChI is InChI=1S/C24H32FN7O3/c1-15-28-21(30-31-23(33)19(13-27-24(34)35)12-16-4-2-3-5-16)20(25)22(29-15)32-11-8-18(14-32)17-6-9-26-10-7-17/h6-7,9-10,16,18-19,27H,2-5,8,11-14H2,1H3,(H,31,33)(H,34,35)(H,28,29,30)/t18?,19-/m1/s1. The Hall–Kier alpha value is -3.50. The van der Waals surface area contributed by atoms with Crippen LogP contribution in [0.3, 0.4) is 0 Å². The predicted octanol–water partition coefficient (Wildman–Crippen LogP) is 3.22. The van der Waals surface area contributed by atoms with Gasteiger partial charge in [0.15, 0.2) is 11.6 Å². The van der Waals surface area contributed by atoms with E-state index in [4.69, 9.17) is 5.11 Å². The summed E-state index contributed by atoms with van der Waals surface area (Å²) in [4.78, 5) is 38.2. The van der Waals surface area contributed by atoms with E-state index in [9.17, 15) is 9.59 Å². The van der Waals surface area contributed by atoms with Crippen LogP contribution in [0.25, 0.3) is 0 Å². The van der Waals surface area contributed by atoms with Gasteiger partial charge in [-0.05, 0) is 43.4 Å². The molecule has 2 aliphatic rings. The maximum atomic E-state index is 15.4. The van der Waals surface area contributed by atoms with Crippen molar-refractivity contribution in [3.05, 3.63) is 41.7 Å². The molecule has 2 aromatic heterocycles. The molecule has 188 valence electrons. The fourth-order valence-electron chi connectivity index (χ4n) is 5.06. The molecule has 11 heteroatoms. The number of hydrazine groups is 1. The number of amides is 2. The van der Waals surface area contributed by atoms with Crippen molar-refractivity contribution in [1.29, 1.82) is 0 Å². The van der Waals surface area contributed by atoms with Crippen LogP contribution < -0.4 is 21.1 Å². The van der Waals surface area contributed by atoms with E-state index < -0.39 is 23.7 Å². The van der Waals surface area contributed by atoms with Crippen molar-refractivity contribution in [2.45, 2.75) is 51.4 Å². The van der Waals surface area contributed by atoms with E-state index >= 15 is 4.39 Å². The van der Waals surface area contributed by atoms with Crippen LogP contribution in [0, 0.1) is 24.6 Å². The zero-order valence-corrected chi connectivity index (χ0v) is 19.8. The Morgan fingerprint density at radius 3 is 2.66 bits per heavy atom. The molecule has 2 amide bonds. The van der Waals surface area contributed by atoms with Gasteiger partial charge in [-0.2, -0.15) is 4.39 Å². The van der Waals surface area contributed by atoms with Gasteiger partial charge in [0, 0.05) is 37.9 Å². The highest BCUT2D eigenvalue weighted by Gasteiger charge is 2.29. The zero-order chi connectivity index (χ0) is 24.8. The number of aryl methyl sites for hydroxylation is 1. The van der Waals surface area contributed by atoms with Crippen molar-refractivity contribution in [3.8, 4) is 0 Å². The Morgan fingerprint density at radius 2 is 1.94 bits per heavy atom. The van der Waals surface area contributed by atoms with Crippen LogP contribution >= 0.6 is 0 Å². The number of carboxylic acid groups (broad SMARTS) is 1. The number of anilines is 2. The first-order valence-corrected chi connectivity index (χ1v) is 12.1. The van der Waals surface area contributed by atoms with E-state index in [1.54, 1.807) is 19.3 Å². The lowest BCUT2D eigenvalue weighted by Crippen LogP contribution is -2.42. The number of hydrogen-bond acceptors (Lipinski definition) is 7. The lowest BCUT2D eigenvalue weighted by molar-refractivity contribution is -0.124. The second-order valence-corrected chi connectivity index (χ2v) is 9.35. The Labute approximate surface area is 203 Å². The molecule has 0 bridgehead atoms. The highest BCUT2D eigenvalue weighted by molar-refractivity contribution is 5.80. The van der Waals surface area contributed by atoms with Crippen molar-refractivity contribution in [2.75, 3.05) is 30.0 Å². The zero-order valence-electron chi connectivity index (χ0n) is 19.8. The lowest BCUT2D eigenvalue weighted by Gasteiger charge is -2.22. The van der Waals surface area contributed by atoms with Crippen LogP contribution in [0.1, 0.15) is 55.8 Å². The third kappa shape index (κ3) is 6.34. The molecular weight excluding hydrogens is 453 g/mol. The van der Waals surface area contributed by atoms with Gasteiger partial charge in [-0.15, -0.1) is 0 Å². The molecule has 0 radical (unpaired) electrons. The highest BCUT2D eigenvalue weighted by atomic mass is 19.1. The maximum Gasteiger partial charge on any atom is 0.404 e. The first-order chi connectivity index (χ1) is 16.9. The molecular formula is C24H32FN7O3. The Morgan fingerprint density at radius 1 is 1.20 bits per heavy atom. The second-order valence-electron chi connectivity index (χ2n) is 9.35. The normalized spacial score (nSPS) is 18.9. The van der Waals surface area contributed by atoms with E-state index in [1.165, 1.54) is 0 Å². The molecule has 2 fully saturated rings. The van der Waals surface area contributed by atoms with Gasteiger partial charge < -0.3 is 15.3 Å². The molecule has 1 unspecified atom stereocenters. The lowest BCUT2D eigenvalue weighted by atomic mass is 9.92. The number of pyridine rings is 1. The van der Waals surface area contributed by atoms with Crippen molar-refractivity contribution in [1.82, 2.24) is 25.7 Å². The van der Waals surface area contributed by atoms with Gasteiger partial charge in [-0.1, -0.05) is 25.7 Å². The molecule has 35 heavy (non-hydrogen) atoms. The Kier molecular flexibility index (Phi) is 7.94. The summed E-state index contributed by atoms with van der Waals surface area (Å²) in [5, 5.41) is 11.3. The number of hydrogen-bond donors (Lipinski definition) is 4. The first-order valence-electron chi connectivity index (χ1n) is 12.1. The molecule has 2 atom stereocenters. The summed E-state index contributed by atoms with van der Waals surface area (Å²) in [5.41, 5.74) is 6.31. The average molecular weight is 486 g/mol. The molecule has 0 spiro atoms. The number of carbonyl (C=O) groups is 2. The predicted molar refractivity (Wildman–Crippen MR) is 128 cm³/mol. The number of halogens is 1. The van der Waals surface area contributed by atoms with Crippen LogP contribution in [0.2, 0.25) is 0 Å². The average Bonchev–Trinajstić information content (AvgIpc) is 3.55. The SMILES string of the molecule is Cc1nc(NNC(=O)[C@@H](CNC(=O)O)CC2CCCC2)c(F)c(N2CCC(c3ccncc3)C2)n1. The van der Waals surface area contributed by atoms with Crippen LogP contribution in [0.5, 0.6) is 0 Å². The van der Waals surface area contributed by atoms with Gasteiger partial charge in [0.25, 0.3) is 0 Å². The minimum atomic E-state index is -1.18. The number of aromatic nitrogens is 3. The molecule has 4 rings (SSSR count). The summed E-state index contributed by atoms with van der Waals surface area (Å²) in [6, 6.07) is 3.94. The molecule has 3 heterocycles. The molecule has 1 aliphatic carbocycles. The second kappa shape index (κ2) is 11.3. The van der Waals surface area contributed by atoms with Crippen LogP contribution in [0.15, 0.2) is 24.5 Å². The molecule has 2 aromatic rings. The van der Waals surface area contributed by atoms with Gasteiger partial charge in [-0.25, -0.2) is 14.8 Å². The summed E-state index contributed by atoms with van der Waals surface area (Å²) in [5.74, 6) is -0.507. The third-order valence-corrected chi connectivity index (χ3v) is 6.88. The maximum absolute atomic E-state index is 15.4. The minimum Gasteiger partial charge on any atom is -0.465 e. The van der Waals surface area contributed by atoms with Crippen molar-refractivity contribution in [3.63, 3.8) is 0 Å². The number of nitrogens with zero attached hydrogens (tertiary/aromatic N) is 4. The Bertz CT molecular complexity index is 1030. The van der Waals surface area contributed by atoms with E-state index in [0.717, 1.165) is 37.7 Å². The smallest absolute Gasteiger partial charge is 0.404 e. The van der Waals surface area contributed by atoms with Gasteiger partial charge in [0.05, 0.1) is 5.92 Å². The Balaban J connectivity index is 1.42. The fraction of sp³-hybridized carbons (Fsp3) is 0.542. The summed E-state index contributed by atoms with van der Waals surface area (Å²) in [7, 11) is 0. The topological polar surface area (TPSA) is 132 Å². The van der Waals surface area contributed by atoms with E-state index in [1.807, 2.05) is 17.0 Å². The quantitative estimate of drug-likeness (QED) is 0.398. The fourth-order valence-corrected chi connectivity index (χ4v) is 5.06. The summed E-state index contributed by atoms with van der Waals surface area (Å²) in [6.45, 7) is 2.94. The third-order valence-electron chi connectivity index (χ3n) is 6.88. The number of carbonyl (C=O) groups excluding carboxylic acids is 1. The van der Waals surface area contributed by atoms with Crippen molar-refractivity contribution in [2.24, 2.45) is 11.8 Å². The molecule has 1 saturated heterocycles. The summed E-state index contributed by atoms with van der Waals surface area (Å²) in [6.07, 6.45) is 8.08. The minimum absolute atomic E-state index is 0.0000522. The van der Waals surface area contributed by atoms with Crippen molar-refractivity contribution >= 4 is 23.6 Å². The first kappa shape index (κ1) is 24.6. The van der Waals surface area contributed by atoms with Gasteiger partial charge >= 0.3 is 6.09 Å². The van der Waals surface area contributed by atoms with E-state index in [2.05, 4.69) is 31.1 Å². The van der Waals surface area contributed by atoms with Crippen molar-refractivity contribution < 1.29 is 19.1 Å². The monoisotopic (exact) mass is 485 g/mol. The summed E-state index contributed by atoms with van der Waals surface area (Å²) < 4.78 is 15.4. The number of nitrogens with one attached hydrogen (secondary N) is 3. The molecule has 0 aromatic carbocycles. The largest absolute Gasteiger partial charge is 0.465 e. The molecule has 4 N–H and O–H groups in total. The highest BCUT2D eigenvalue weighted by Crippen LogP contribution is 2.33. The summed E-state index contributed by atoms with van der Waals surface area (Å²) >= 11 is 0. The van der Waals surface area contributed by atoms with Gasteiger partial charge in [0.2, 0.25) is 11.7 Å². The van der Waals surface area contributed by atoms with Gasteiger partial charge in [0.1, 0.15) is 5.82 Å². The van der Waals surface area contributed by atoms with Crippen LogP contribution in [-0.4, -0.2) is 51.7 Å². The van der Waals surface area contributed by atoms with Gasteiger partial charge in [-0.3, -0.25) is 20.6 Å². The van der Waals surface area contributed by atoms with E-state index in [-0.39, 0.29) is 24.1 Å². The van der Waals surface area contributed by atoms with Crippen LogP contribution in [-0.2, 0) is 4.79 Å². The van der Waals surface area contributed by atoms with Crippen LogP contribution in [0.4, 0.5) is 20.8 Å². The molecule has 10 nitrogen and oxygen atoms in total. The number of rotatable bonds is 9. The van der Waals surface area contributed by atoms with E-state index in [0.29, 0.717) is 31.3 Å². The molecule has 1 aliphatic heterocycles. The molecule has 1 saturated carbocycles.